The molecule has 0 bridgehead atoms. The Kier molecular flexibility index (Phi) is 6.23. The molecule has 1 saturated heterocycles. The molecule has 6 heteroatoms. The number of para-hydroxylation sites is 1. The van der Waals surface area contributed by atoms with Crippen molar-refractivity contribution in [3.05, 3.63) is 75.3 Å². The van der Waals surface area contributed by atoms with Gasteiger partial charge in [-0.15, -0.1) is 0 Å². The van der Waals surface area contributed by atoms with Crippen LogP contribution in [0.4, 0.5) is 11.4 Å². The molecule has 1 heterocycles. The number of fused-ring (bicyclic) bond motifs is 1. The molecule has 2 aliphatic rings. The number of carbonyl (C=O) groups excluding carboxylic acids is 1. The van der Waals surface area contributed by atoms with Gasteiger partial charge in [-0.2, -0.15) is 0 Å². The molecule has 1 aliphatic heterocycles. The number of unbranched alkanes of at least 4 members (excludes halogenated alkanes) is 1. The average Bonchev–Trinajstić information content (AvgIpc) is 2.77. The minimum absolute atomic E-state index is 0.0527. The Morgan fingerprint density at radius 3 is 2.43 bits per heavy atom. The third kappa shape index (κ3) is 4.60. The van der Waals surface area contributed by atoms with Gasteiger partial charge in [0, 0.05) is 49.9 Å². The van der Waals surface area contributed by atoms with Crippen LogP contribution >= 0.6 is 0 Å². The number of hydrogen-bond donors (Lipinski definition) is 0. The number of benzene rings is 2. The standard InChI is InChI=1S/C24H27N3O3/c28-21-10-11-22-19(18-21)9-12-24(27(29)30)23(22)8-4-5-13-25-14-16-26(17-15-25)20-6-2-1-3-7-20/h1-3,6-7,9-12H,4-5,8,13-18H2. The zero-order valence-electron chi connectivity index (χ0n) is 17.1. The fourth-order valence-corrected chi connectivity index (χ4v) is 4.43. The lowest BCUT2D eigenvalue weighted by Gasteiger charge is -2.36. The summed E-state index contributed by atoms with van der Waals surface area (Å²) in [6, 6.07) is 13.8. The van der Waals surface area contributed by atoms with E-state index in [1.807, 2.05) is 6.07 Å². The highest BCUT2D eigenvalue weighted by atomic mass is 16.6. The molecule has 0 radical (unpaired) electrons. The highest BCUT2D eigenvalue weighted by Crippen LogP contribution is 2.31. The average molecular weight is 405 g/mol. The molecule has 0 atom stereocenters. The molecular formula is C24H27N3O3. The lowest BCUT2D eigenvalue weighted by atomic mass is 9.89. The fourth-order valence-electron chi connectivity index (χ4n) is 4.43. The third-order valence-corrected chi connectivity index (χ3v) is 6.06. The second-order valence-corrected chi connectivity index (χ2v) is 7.99. The Bertz CT molecular complexity index is 948. The van der Waals surface area contributed by atoms with E-state index in [4.69, 9.17) is 0 Å². The number of nitrogens with zero attached hydrogens (tertiary/aromatic N) is 3. The number of piperazine rings is 1. The van der Waals surface area contributed by atoms with E-state index in [9.17, 15) is 14.9 Å². The second-order valence-electron chi connectivity index (χ2n) is 7.99. The summed E-state index contributed by atoms with van der Waals surface area (Å²) in [5, 5.41) is 11.5. The number of ketones is 1. The lowest BCUT2D eigenvalue weighted by Crippen LogP contribution is -2.46. The van der Waals surface area contributed by atoms with Crippen LogP contribution < -0.4 is 4.90 Å². The van der Waals surface area contributed by atoms with Crippen molar-refractivity contribution < 1.29 is 9.72 Å². The zero-order valence-corrected chi connectivity index (χ0v) is 17.1. The van der Waals surface area contributed by atoms with Crippen LogP contribution in [0.5, 0.6) is 0 Å². The molecule has 6 nitrogen and oxygen atoms in total. The summed E-state index contributed by atoms with van der Waals surface area (Å²) in [4.78, 5) is 27.8. The maximum atomic E-state index is 11.7. The van der Waals surface area contributed by atoms with E-state index in [2.05, 4.69) is 34.1 Å². The SMILES string of the molecule is O=C1C=Cc2c(ccc([N+](=O)[O-])c2CCCCN2CCN(c3ccccc3)CC2)C1. The molecule has 0 aromatic heterocycles. The molecule has 0 spiro atoms. The van der Waals surface area contributed by atoms with Crippen LogP contribution in [0, 0.1) is 10.1 Å². The Labute approximate surface area is 177 Å². The largest absolute Gasteiger partial charge is 0.369 e. The van der Waals surface area contributed by atoms with Gasteiger partial charge in [0.1, 0.15) is 0 Å². The molecule has 1 fully saturated rings. The minimum Gasteiger partial charge on any atom is -0.369 e. The smallest absolute Gasteiger partial charge is 0.273 e. The molecule has 4 rings (SSSR count). The number of allylic oxidation sites excluding steroid dienone is 1. The van der Waals surface area contributed by atoms with E-state index in [0.29, 0.717) is 12.8 Å². The Morgan fingerprint density at radius 1 is 0.933 bits per heavy atom. The first-order chi connectivity index (χ1) is 14.6. The number of hydrogen-bond acceptors (Lipinski definition) is 5. The summed E-state index contributed by atoms with van der Waals surface area (Å²) in [6.07, 6.45) is 6.21. The van der Waals surface area contributed by atoms with Gasteiger partial charge in [0.15, 0.2) is 5.78 Å². The first-order valence-electron chi connectivity index (χ1n) is 10.6. The predicted molar refractivity (Wildman–Crippen MR) is 119 cm³/mol. The van der Waals surface area contributed by atoms with Gasteiger partial charge in [-0.05, 0) is 55.1 Å². The topological polar surface area (TPSA) is 66.7 Å². The number of anilines is 1. The lowest BCUT2D eigenvalue weighted by molar-refractivity contribution is -0.385. The molecule has 0 unspecified atom stereocenters. The van der Waals surface area contributed by atoms with Crippen LogP contribution in [0.3, 0.4) is 0 Å². The van der Waals surface area contributed by atoms with Crippen molar-refractivity contribution in [3.8, 4) is 0 Å². The third-order valence-electron chi connectivity index (χ3n) is 6.06. The van der Waals surface area contributed by atoms with Crippen molar-refractivity contribution in [3.63, 3.8) is 0 Å². The Morgan fingerprint density at radius 2 is 1.70 bits per heavy atom. The quantitative estimate of drug-likeness (QED) is 0.397. The number of carbonyl (C=O) groups is 1. The van der Waals surface area contributed by atoms with Gasteiger partial charge in [-0.25, -0.2) is 0 Å². The summed E-state index contributed by atoms with van der Waals surface area (Å²) in [7, 11) is 0. The van der Waals surface area contributed by atoms with Crippen LogP contribution in [0.2, 0.25) is 0 Å². The van der Waals surface area contributed by atoms with Crippen molar-refractivity contribution in [2.75, 3.05) is 37.6 Å². The second kappa shape index (κ2) is 9.22. The number of rotatable bonds is 7. The molecule has 0 N–H and O–H groups in total. The molecule has 2 aromatic carbocycles. The first-order valence-corrected chi connectivity index (χ1v) is 10.6. The summed E-state index contributed by atoms with van der Waals surface area (Å²) in [5.74, 6) is 0.0527. The number of nitro benzene ring substituents is 1. The van der Waals surface area contributed by atoms with Gasteiger partial charge in [0.25, 0.3) is 5.69 Å². The molecule has 2 aromatic rings. The van der Waals surface area contributed by atoms with Gasteiger partial charge >= 0.3 is 0 Å². The predicted octanol–water partition coefficient (Wildman–Crippen LogP) is 3.88. The maximum absolute atomic E-state index is 11.7. The normalized spacial score (nSPS) is 16.5. The van der Waals surface area contributed by atoms with Gasteiger partial charge < -0.3 is 4.90 Å². The minimum atomic E-state index is -0.303. The van der Waals surface area contributed by atoms with Crippen molar-refractivity contribution in [2.24, 2.45) is 0 Å². The number of nitro groups is 1. The van der Waals surface area contributed by atoms with E-state index in [-0.39, 0.29) is 16.4 Å². The van der Waals surface area contributed by atoms with Crippen molar-refractivity contribution in [2.45, 2.75) is 25.7 Å². The zero-order chi connectivity index (χ0) is 20.9. The molecule has 30 heavy (non-hydrogen) atoms. The van der Waals surface area contributed by atoms with E-state index >= 15 is 0 Å². The van der Waals surface area contributed by atoms with Gasteiger partial charge in [0.2, 0.25) is 0 Å². The van der Waals surface area contributed by atoms with Crippen LogP contribution in [-0.2, 0) is 17.6 Å². The van der Waals surface area contributed by atoms with E-state index in [1.54, 1.807) is 24.3 Å². The van der Waals surface area contributed by atoms with Crippen molar-refractivity contribution >= 4 is 23.2 Å². The molecule has 0 amide bonds. The van der Waals surface area contributed by atoms with E-state index in [0.717, 1.165) is 62.3 Å². The Hall–Kier alpha value is -2.99. The van der Waals surface area contributed by atoms with Gasteiger partial charge in [-0.3, -0.25) is 19.8 Å². The van der Waals surface area contributed by atoms with Crippen LogP contribution in [0.15, 0.2) is 48.5 Å². The molecular weight excluding hydrogens is 378 g/mol. The summed E-state index contributed by atoms with van der Waals surface area (Å²) in [5.41, 5.74) is 4.00. The Balaban J connectivity index is 1.30. The van der Waals surface area contributed by atoms with Crippen LogP contribution in [0.1, 0.15) is 29.5 Å². The van der Waals surface area contributed by atoms with Gasteiger partial charge in [0.05, 0.1) is 4.92 Å². The van der Waals surface area contributed by atoms with Gasteiger partial charge in [-0.1, -0.05) is 30.3 Å². The molecule has 156 valence electrons. The van der Waals surface area contributed by atoms with E-state index < -0.39 is 0 Å². The fraction of sp³-hybridized carbons (Fsp3) is 0.375. The van der Waals surface area contributed by atoms with E-state index in [1.165, 1.54) is 5.69 Å². The maximum Gasteiger partial charge on any atom is 0.273 e. The monoisotopic (exact) mass is 405 g/mol. The molecule has 1 aliphatic carbocycles. The molecule has 0 saturated carbocycles. The van der Waals surface area contributed by atoms with Crippen molar-refractivity contribution in [1.29, 1.82) is 0 Å². The highest BCUT2D eigenvalue weighted by molar-refractivity contribution is 5.99. The summed E-state index contributed by atoms with van der Waals surface area (Å²) >= 11 is 0. The highest BCUT2D eigenvalue weighted by Gasteiger charge is 2.22. The van der Waals surface area contributed by atoms with Crippen LogP contribution in [-0.4, -0.2) is 48.3 Å². The summed E-state index contributed by atoms with van der Waals surface area (Å²) in [6.45, 7) is 5.15. The van der Waals surface area contributed by atoms with Crippen LogP contribution in [0.25, 0.3) is 6.08 Å². The summed E-state index contributed by atoms with van der Waals surface area (Å²) < 4.78 is 0. The van der Waals surface area contributed by atoms with Crippen molar-refractivity contribution in [1.82, 2.24) is 4.90 Å². The first kappa shape index (κ1) is 20.3.